The molecule has 3 aromatic rings. The van der Waals surface area contributed by atoms with Gasteiger partial charge in [0, 0.05) is 29.4 Å². The van der Waals surface area contributed by atoms with Crippen molar-refractivity contribution in [2.75, 3.05) is 11.4 Å². The normalized spacial score (nSPS) is 17.0. The standard InChI is InChI=1S/C20H15FN2O3/c21-17-6-2-4-13-9-14(11-22-18(13)17)12-3-1-5-15(10-12)23-8-7-16(19(23)24)20(25)26/h1-6,9-11,16H,7-8H2,(H,25,26)/t16-/m0/s1. The minimum absolute atomic E-state index is 0.301. The number of rotatable bonds is 3. The van der Waals surface area contributed by atoms with Crippen molar-refractivity contribution in [1.29, 1.82) is 0 Å². The lowest BCUT2D eigenvalue weighted by atomic mass is 10.0. The number of aliphatic carboxylic acids is 1. The molecule has 1 N–H and O–H groups in total. The van der Waals surface area contributed by atoms with E-state index in [9.17, 15) is 14.0 Å². The lowest BCUT2D eigenvalue weighted by Gasteiger charge is -2.17. The van der Waals surface area contributed by atoms with E-state index in [2.05, 4.69) is 4.98 Å². The molecule has 1 aromatic heterocycles. The van der Waals surface area contributed by atoms with Gasteiger partial charge in [0.25, 0.3) is 0 Å². The number of carbonyl (C=O) groups excluding carboxylic acids is 1. The number of anilines is 1. The smallest absolute Gasteiger partial charge is 0.316 e. The summed E-state index contributed by atoms with van der Waals surface area (Å²) < 4.78 is 13.8. The fraction of sp³-hybridized carbons (Fsp3) is 0.150. The number of nitrogens with zero attached hydrogens (tertiary/aromatic N) is 2. The Kier molecular flexibility index (Phi) is 3.88. The second-order valence-electron chi connectivity index (χ2n) is 6.26. The van der Waals surface area contributed by atoms with Gasteiger partial charge in [0.1, 0.15) is 17.3 Å². The lowest BCUT2D eigenvalue weighted by molar-refractivity contribution is -0.144. The van der Waals surface area contributed by atoms with E-state index in [1.165, 1.54) is 11.0 Å². The zero-order valence-electron chi connectivity index (χ0n) is 13.7. The number of pyridine rings is 1. The Balaban J connectivity index is 1.70. The number of benzene rings is 2. The van der Waals surface area contributed by atoms with E-state index >= 15 is 0 Å². The molecule has 0 saturated carbocycles. The van der Waals surface area contributed by atoms with Crippen LogP contribution in [0.2, 0.25) is 0 Å². The van der Waals surface area contributed by atoms with Gasteiger partial charge in [0.2, 0.25) is 5.91 Å². The Bertz CT molecular complexity index is 1030. The summed E-state index contributed by atoms with van der Waals surface area (Å²) in [6.07, 6.45) is 1.89. The van der Waals surface area contributed by atoms with Crippen LogP contribution in [0.25, 0.3) is 22.0 Å². The summed E-state index contributed by atoms with van der Waals surface area (Å²) >= 11 is 0. The van der Waals surface area contributed by atoms with Gasteiger partial charge in [-0.25, -0.2) is 4.39 Å². The van der Waals surface area contributed by atoms with Crippen molar-refractivity contribution in [2.24, 2.45) is 5.92 Å². The molecule has 1 saturated heterocycles. The van der Waals surface area contributed by atoms with Gasteiger partial charge < -0.3 is 10.0 Å². The maximum absolute atomic E-state index is 13.8. The van der Waals surface area contributed by atoms with E-state index in [-0.39, 0.29) is 5.82 Å². The number of halogens is 1. The molecule has 2 aromatic carbocycles. The van der Waals surface area contributed by atoms with Crippen molar-refractivity contribution in [1.82, 2.24) is 4.98 Å². The number of carbonyl (C=O) groups is 2. The van der Waals surface area contributed by atoms with Gasteiger partial charge >= 0.3 is 5.97 Å². The fourth-order valence-electron chi connectivity index (χ4n) is 3.30. The molecule has 6 heteroatoms. The first-order valence-corrected chi connectivity index (χ1v) is 8.23. The van der Waals surface area contributed by atoms with Gasteiger partial charge in [-0.05, 0) is 36.2 Å². The molecular weight excluding hydrogens is 335 g/mol. The highest BCUT2D eigenvalue weighted by molar-refractivity contribution is 6.07. The number of para-hydroxylation sites is 1. The van der Waals surface area contributed by atoms with Gasteiger partial charge in [-0.3, -0.25) is 14.6 Å². The summed E-state index contributed by atoms with van der Waals surface area (Å²) in [5.74, 6) is -2.84. The maximum atomic E-state index is 13.8. The summed E-state index contributed by atoms with van der Waals surface area (Å²) in [4.78, 5) is 29.1. The summed E-state index contributed by atoms with van der Waals surface area (Å²) in [6.45, 7) is 0.375. The van der Waals surface area contributed by atoms with Gasteiger partial charge in [0.05, 0.1) is 0 Å². The molecule has 1 amide bonds. The topological polar surface area (TPSA) is 70.5 Å². The van der Waals surface area contributed by atoms with Gasteiger partial charge in [-0.15, -0.1) is 0 Å². The molecule has 0 bridgehead atoms. The molecule has 130 valence electrons. The molecule has 0 unspecified atom stereocenters. The molecule has 1 fully saturated rings. The quantitative estimate of drug-likeness (QED) is 0.734. The van der Waals surface area contributed by atoms with Gasteiger partial charge in [-0.1, -0.05) is 24.3 Å². The third kappa shape index (κ3) is 2.69. The third-order valence-corrected chi connectivity index (χ3v) is 4.66. The Morgan fingerprint density at radius 2 is 1.96 bits per heavy atom. The van der Waals surface area contributed by atoms with Crippen LogP contribution in [-0.4, -0.2) is 28.5 Å². The predicted molar refractivity (Wildman–Crippen MR) is 95.2 cm³/mol. The Morgan fingerprint density at radius 3 is 2.73 bits per heavy atom. The van der Waals surface area contributed by atoms with E-state index in [0.29, 0.717) is 29.6 Å². The van der Waals surface area contributed by atoms with Crippen molar-refractivity contribution in [3.8, 4) is 11.1 Å². The SMILES string of the molecule is O=C(O)[C@H]1CCN(c2cccc(-c3cnc4c(F)cccc4c3)c2)C1=O. The van der Waals surface area contributed by atoms with Crippen LogP contribution in [-0.2, 0) is 9.59 Å². The van der Waals surface area contributed by atoms with Crippen LogP contribution < -0.4 is 4.90 Å². The highest BCUT2D eigenvalue weighted by Gasteiger charge is 2.37. The van der Waals surface area contributed by atoms with E-state index in [1.54, 1.807) is 24.4 Å². The number of hydrogen-bond donors (Lipinski definition) is 1. The van der Waals surface area contributed by atoms with Crippen molar-refractivity contribution in [3.63, 3.8) is 0 Å². The van der Waals surface area contributed by atoms with Crippen LogP contribution >= 0.6 is 0 Å². The van der Waals surface area contributed by atoms with E-state index in [4.69, 9.17) is 5.11 Å². The van der Waals surface area contributed by atoms with Crippen LogP contribution in [0.15, 0.2) is 54.7 Å². The number of aromatic nitrogens is 1. The Hall–Kier alpha value is -3.28. The first-order valence-electron chi connectivity index (χ1n) is 8.23. The first kappa shape index (κ1) is 16.2. The third-order valence-electron chi connectivity index (χ3n) is 4.66. The van der Waals surface area contributed by atoms with Gasteiger partial charge in [-0.2, -0.15) is 0 Å². The van der Waals surface area contributed by atoms with Crippen LogP contribution in [0.5, 0.6) is 0 Å². The molecule has 2 heterocycles. The van der Waals surface area contributed by atoms with Crippen LogP contribution in [0.1, 0.15) is 6.42 Å². The summed E-state index contributed by atoms with van der Waals surface area (Å²) in [6, 6.07) is 13.9. The second kappa shape index (κ2) is 6.22. The zero-order valence-corrected chi connectivity index (χ0v) is 13.7. The molecule has 1 atom stereocenters. The van der Waals surface area contributed by atoms with Crippen molar-refractivity contribution >= 4 is 28.5 Å². The predicted octanol–water partition coefficient (Wildman–Crippen LogP) is 3.48. The minimum atomic E-state index is -1.09. The van der Waals surface area contributed by atoms with E-state index < -0.39 is 17.8 Å². The number of fused-ring (bicyclic) bond motifs is 1. The summed E-state index contributed by atoms with van der Waals surface area (Å²) in [7, 11) is 0. The lowest BCUT2D eigenvalue weighted by Crippen LogP contribution is -2.30. The zero-order chi connectivity index (χ0) is 18.3. The summed E-state index contributed by atoms with van der Waals surface area (Å²) in [5, 5.41) is 9.81. The van der Waals surface area contributed by atoms with Crippen molar-refractivity contribution in [2.45, 2.75) is 6.42 Å². The molecule has 4 rings (SSSR count). The molecule has 26 heavy (non-hydrogen) atoms. The average Bonchev–Trinajstić information content (AvgIpc) is 3.03. The molecule has 0 radical (unpaired) electrons. The number of carboxylic acids is 1. The fourth-order valence-corrected chi connectivity index (χ4v) is 3.30. The number of carboxylic acid groups (broad SMARTS) is 1. The maximum Gasteiger partial charge on any atom is 0.316 e. The van der Waals surface area contributed by atoms with E-state index in [0.717, 1.165) is 11.1 Å². The van der Waals surface area contributed by atoms with E-state index in [1.807, 2.05) is 24.3 Å². The number of amides is 1. The first-order chi connectivity index (χ1) is 12.5. The Labute approximate surface area is 148 Å². The molecule has 0 spiro atoms. The molecule has 0 aliphatic carbocycles. The average molecular weight is 350 g/mol. The van der Waals surface area contributed by atoms with Crippen LogP contribution in [0.3, 0.4) is 0 Å². The Morgan fingerprint density at radius 1 is 1.15 bits per heavy atom. The highest BCUT2D eigenvalue weighted by Crippen LogP contribution is 2.30. The highest BCUT2D eigenvalue weighted by atomic mass is 19.1. The minimum Gasteiger partial charge on any atom is -0.481 e. The van der Waals surface area contributed by atoms with Crippen molar-refractivity contribution < 1.29 is 19.1 Å². The molecule has 5 nitrogen and oxygen atoms in total. The number of hydrogen-bond acceptors (Lipinski definition) is 3. The van der Waals surface area contributed by atoms with Gasteiger partial charge in [0.15, 0.2) is 0 Å². The molecule has 1 aliphatic heterocycles. The van der Waals surface area contributed by atoms with Crippen LogP contribution in [0.4, 0.5) is 10.1 Å². The molecule has 1 aliphatic rings. The molecular formula is C20H15FN2O3. The largest absolute Gasteiger partial charge is 0.481 e. The van der Waals surface area contributed by atoms with Crippen LogP contribution in [0, 0.1) is 11.7 Å². The summed E-state index contributed by atoms with van der Waals surface area (Å²) in [5.41, 5.74) is 2.58. The monoisotopic (exact) mass is 350 g/mol. The second-order valence-corrected chi connectivity index (χ2v) is 6.26. The van der Waals surface area contributed by atoms with Crippen molar-refractivity contribution in [3.05, 3.63) is 60.5 Å².